The van der Waals surface area contributed by atoms with Crippen LogP contribution in [0.1, 0.15) is 21.5 Å². The minimum Gasteiger partial charge on any atom is -0.395 e. The van der Waals surface area contributed by atoms with Gasteiger partial charge in [0.05, 0.1) is 12.2 Å². The van der Waals surface area contributed by atoms with Gasteiger partial charge in [-0.05, 0) is 24.1 Å². The van der Waals surface area contributed by atoms with Gasteiger partial charge in [0.15, 0.2) is 0 Å². The molecule has 0 saturated carbocycles. The fraction of sp³-hybridized carbons (Fsp3) is 0.235. The molecule has 0 unspecified atom stereocenters. The average molecular weight is 305 g/mol. The molecule has 5 heteroatoms. The van der Waals surface area contributed by atoms with Gasteiger partial charge in [-0.25, -0.2) is 8.78 Å². The van der Waals surface area contributed by atoms with Crippen LogP contribution in [-0.2, 0) is 6.54 Å². The van der Waals surface area contributed by atoms with E-state index in [1.165, 1.54) is 17.9 Å². The van der Waals surface area contributed by atoms with E-state index in [-0.39, 0.29) is 30.8 Å². The summed E-state index contributed by atoms with van der Waals surface area (Å²) in [6.07, 6.45) is 0. The highest BCUT2D eigenvalue weighted by molar-refractivity contribution is 5.94. The smallest absolute Gasteiger partial charge is 0.257 e. The summed E-state index contributed by atoms with van der Waals surface area (Å²) in [6, 6.07) is 11.1. The molecule has 2 rings (SSSR count). The number of amides is 1. The van der Waals surface area contributed by atoms with Crippen LogP contribution in [0.25, 0.3) is 0 Å². The molecule has 0 saturated heterocycles. The number of aliphatic hydroxyl groups excluding tert-OH is 1. The highest BCUT2D eigenvalue weighted by Gasteiger charge is 2.20. The van der Waals surface area contributed by atoms with Crippen molar-refractivity contribution >= 4 is 5.91 Å². The number of nitrogens with zero attached hydrogens (tertiary/aromatic N) is 1. The Morgan fingerprint density at radius 1 is 1.14 bits per heavy atom. The van der Waals surface area contributed by atoms with Crippen molar-refractivity contribution in [3.63, 3.8) is 0 Å². The number of aliphatic hydroxyl groups is 1. The van der Waals surface area contributed by atoms with Crippen LogP contribution in [0.15, 0.2) is 42.5 Å². The summed E-state index contributed by atoms with van der Waals surface area (Å²) in [5.74, 6) is -2.16. The third kappa shape index (κ3) is 3.68. The van der Waals surface area contributed by atoms with Gasteiger partial charge in [-0.3, -0.25) is 4.79 Å². The topological polar surface area (TPSA) is 40.5 Å². The quantitative estimate of drug-likeness (QED) is 0.922. The first kappa shape index (κ1) is 16.1. The zero-order valence-corrected chi connectivity index (χ0v) is 12.2. The molecule has 0 aliphatic rings. The first-order chi connectivity index (χ1) is 10.5. The van der Waals surface area contributed by atoms with Crippen LogP contribution < -0.4 is 0 Å². The molecule has 116 valence electrons. The molecule has 0 aromatic heterocycles. The van der Waals surface area contributed by atoms with E-state index in [2.05, 4.69) is 0 Å². The maximum atomic E-state index is 13.9. The molecule has 0 fully saturated rings. The second-order valence-electron chi connectivity index (χ2n) is 5.02. The Bertz CT molecular complexity index is 659. The zero-order chi connectivity index (χ0) is 16.1. The summed E-state index contributed by atoms with van der Waals surface area (Å²) >= 11 is 0. The largest absolute Gasteiger partial charge is 0.395 e. The first-order valence-corrected chi connectivity index (χ1v) is 6.92. The number of hydrogen-bond donors (Lipinski definition) is 1. The van der Waals surface area contributed by atoms with Crippen molar-refractivity contribution in [3.05, 3.63) is 70.8 Å². The Hall–Kier alpha value is -2.27. The molecular formula is C17H17F2NO2. The highest BCUT2D eigenvalue weighted by atomic mass is 19.1. The van der Waals surface area contributed by atoms with E-state index in [4.69, 9.17) is 5.11 Å². The predicted octanol–water partition coefficient (Wildman–Crippen LogP) is 2.91. The Labute approximate surface area is 127 Å². The van der Waals surface area contributed by atoms with Gasteiger partial charge in [-0.2, -0.15) is 0 Å². The van der Waals surface area contributed by atoms with Gasteiger partial charge >= 0.3 is 0 Å². The van der Waals surface area contributed by atoms with Crippen molar-refractivity contribution in [1.82, 2.24) is 4.90 Å². The Balaban J connectivity index is 2.28. The second kappa shape index (κ2) is 7.13. The lowest BCUT2D eigenvalue weighted by molar-refractivity contribution is 0.0703. The van der Waals surface area contributed by atoms with E-state index in [9.17, 15) is 13.6 Å². The lowest BCUT2D eigenvalue weighted by Crippen LogP contribution is -2.33. The van der Waals surface area contributed by atoms with Gasteiger partial charge in [0.2, 0.25) is 0 Å². The third-order valence-electron chi connectivity index (χ3n) is 3.35. The molecule has 0 bridgehead atoms. The normalized spacial score (nSPS) is 10.5. The molecule has 0 heterocycles. The number of benzene rings is 2. The predicted molar refractivity (Wildman–Crippen MR) is 79.4 cm³/mol. The van der Waals surface area contributed by atoms with Gasteiger partial charge in [0.25, 0.3) is 5.91 Å². The molecule has 0 aliphatic carbocycles. The SMILES string of the molecule is Cc1cc(C(=O)N(CCO)Cc2ccccc2)c(F)cc1F. The van der Waals surface area contributed by atoms with E-state index >= 15 is 0 Å². The van der Waals surface area contributed by atoms with Crippen LogP contribution >= 0.6 is 0 Å². The standard InChI is InChI=1S/C17H17F2NO2/c1-12-9-14(16(19)10-15(12)18)17(22)20(7-8-21)11-13-5-3-2-4-6-13/h2-6,9-10,21H,7-8,11H2,1H3. The van der Waals surface area contributed by atoms with Crippen LogP contribution in [-0.4, -0.2) is 29.1 Å². The van der Waals surface area contributed by atoms with Crippen LogP contribution in [0.4, 0.5) is 8.78 Å². The van der Waals surface area contributed by atoms with Gasteiger partial charge in [-0.1, -0.05) is 30.3 Å². The number of halogens is 2. The summed E-state index contributed by atoms with van der Waals surface area (Å²) in [5, 5.41) is 9.13. The van der Waals surface area contributed by atoms with E-state index < -0.39 is 17.5 Å². The Kier molecular flexibility index (Phi) is 5.22. The molecule has 0 radical (unpaired) electrons. The van der Waals surface area contributed by atoms with E-state index in [0.29, 0.717) is 6.07 Å². The molecule has 0 aliphatic heterocycles. The molecule has 1 N–H and O–H groups in total. The van der Waals surface area contributed by atoms with Crippen molar-refractivity contribution in [3.8, 4) is 0 Å². The summed E-state index contributed by atoms with van der Waals surface area (Å²) in [7, 11) is 0. The molecule has 1 amide bonds. The number of rotatable bonds is 5. The molecule has 22 heavy (non-hydrogen) atoms. The number of carbonyl (C=O) groups excluding carboxylic acids is 1. The van der Waals surface area contributed by atoms with Crippen LogP contribution in [0, 0.1) is 18.6 Å². The number of hydrogen-bond acceptors (Lipinski definition) is 2. The molecule has 2 aromatic carbocycles. The summed E-state index contributed by atoms with van der Waals surface area (Å²) < 4.78 is 27.2. The maximum absolute atomic E-state index is 13.9. The van der Waals surface area contributed by atoms with E-state index in [0.717, 1.165) is 5.56 Å². The minimum atomic E-state index is -0.899. The highest BCUT2D eigenvalue weighted by Crippen LogP contribution is 2.17. The Morgan fingerprint density at radius 3 is 2.45 bits per heavy atom. The van der Waals surface area contributed by atoms with Crippen LogP contribution in [0.3, 0.4) is 0 Å². The Morgan fingerprint density at radius 2 is 1.82 bits per heavy atom. The first-order valence-electron chi connectivity index (χ1n) is 6.92. The summed E-state index contributed by atoms with van der Waals surface area (Å²) in [5.41, 5.74) is 0.875. The second-order valence-corrected chi connectivity index (χ2v) is 5.02. The molecule has 0 atom stereocenters. The lowest BCUT2D eigenvalue weighted by Gasteiger charge is -2.22. The van der Waals surface area contributed by atoms with Crippen LogP contribution in [0.5, 0.6) is 0 Å². The van der Waals surface area contributed by atoms with Crippen molar-refractivity contribution in [2.75, 3.05) is 13.2 Å². The van der Waals surface area contributed by atoms with E-state index in [1.807, 2.05) is 30.3 Å². The summed E-state index contributed by atoms with van der Waals surface area (Å²) in [6.45, 7) is 1.55. The van der Waals surface area contributed by atoms with Gasteiger partial charge in [-0.15, -0.1) is 0 Å². The molecular weight excluding hydrogens is 288 g/mol. The van der Waals surface area contributed by atoms with E-state index in [1.54, 1.807) is 0 Å². The van der Waals surface area contributed by atoms with Crippen molar-refractivity contribution < 1.29 is 18.7 Å². The molecule has 3 nitrogen and oxygen atoms in total. The average Bonchev–Trinajstić information content (AvgIpc) is 2.51. The molecule has 0 spiro atoms. The van der Waals surface area contributed by atoms with Crippen molar-refractivity contribution in [1.29, 1.82) is 0 Å². The van der Waals surface area contributed by atoms with Gasteiger partial charge in [0, 0.05) is 19.2 Å². The zero-order valence-electron chi connectivity index (χ0n) is 12.2. The maximum Gasteiger partial charge on any atom is 0.257 e. The summed E-state index contributed by atoms with van der Waals surface area (Å²) in [4.78, 5) is 13.8. The van der Waals surface area contributed by atoms with Crippen molar-refractivity contribution in [2.45, 2.75) is 13.5 Å². The minimum absolute atomic E-state index is 0.0730. The van der Waals surface area contributed by atoms with Gasteiger partial charge in [0.1, 0.15) is 11.6 Å². The lowest BCUT2D eigenvalue weighted by atomic mass is 10.1. The van der Waals surface area contributed by atoms with Crippen molar-refractivity contribution in [2.24, 2.45) is 0 Å². The molecule has 2 aromatic rings. The van der Waals surface area contributed by atoms with Crippen LogP contribution in [0.2, 0.25) is 0 Å². The third-order valence-corrected chi connectivity index (χ3v) is 3.35. The monoisotopic (exact) mass is 305 g/mol. The fourth-order valence-corrected chi connectivity index (χ4v) is 2.17. The number of aryl methyl sites for hydroxylation is 1. The number of carbonyl (C=O) groups is 1. The fourth-order valence-electron chi connectivity index (χ4n) is 2.17. The van der Waals surface area contributed by atoms with Gasteiger partial charge < -0.3 is 10.0 Å².